The fraction of sp³-hybridized carbons (Fsp3) is 0.733. The van der Waals surface area contributed by atoms with Crippen LogP contribution in [0.5, 0.6) is 0 Å². The van der Waals surface area contributed by atoms with Crippen molar-refractivity contribution in [2.24, 2.45) is 5.92 Å². The van der Waals surface area contributed by atoms with E-state index in [1.165, 1.54) is 5.57 Å². The minimum atomic E-state index is -0.745. The third-order valence-electron chi connectivity index (χ3n) is 3.17. The zero-order valence-corrected chi connectivity index (χ0v) is 12.5. The predicted molar refractivity (Wildman–Crippen MR) is 77.6 cm³/mol. The Morgan fingerprint density at radius 1 is 1.35 bits per heavy atom. The molecule has 98 valence electrons. The number of hydrogen-bond acceptors (Lipinski definition) is 1. The Morgan fingerprint density at radius 2 is 2.06 bits per heavy atom. The molecule has 1 unspecified atom stereocenters. The van der Waals surface area contributed by atoms with Crippen molar-refractivity contribution in [2.45, 2.75) is 58.1 Å². The number of hydrogen-bond donors (Lipinski definition) is 0. The van der Waals surface area contributed by atoms with Crippen LogP contribution in [-0.2, 0) is 10.8 Å². The molecule has 2 heteroatoms. The first-order chi connectivity index (χ1) is 7.95. The summed E-state index contributed by atoms with van der Waals surface area (Å²) in [7, 11) is -0.745. The molecule has 1 aliphatic rings. The summed E-state index contributed by atoms with van der Waals surface area (Å²) < 4.78 is 12.2. The van der Waals surface area contributed by atoms with E-state index in [4.69, 9.17) is 0 Å². The fourth-order valence-corrected chi connectivity index (χ4v) is 3.29. The lowest BCUT2D eigenvalue weighted by Gasteiger charge is -2.24. The lowest BCUT2D eigenvalue weighted by molar-refractivity contribution is 0.589. The summed E-state index contributed by atoms with van der Waals surface area (Å²) in [6, 6.07) is 0. The maximum absolute atomic E-state index is 12.3. The molecule has 0 aromatic carbocycles. The molecule has 0 fully saturated rings. The fourth-order valence-electron chi connectivity index (χ4n) is 2.06. The zero-order chi connectivity index (χ0) is 12.9. The van der Waals surface area contributed by atoms with Gasteiger partial charge in [0, 0.05) is 21.3 Å². The van der Waals surface area contributed by atoms with Gasteiger partial charge < -0.3 is 0 Å². The topological polar surface area (TPSA) is 17.1 Å². The first kappa shape index (κ1) is 14.7. The van der Waals surface area contributed by atoms with Crippen LogP contribution in [0.15, 0.2) is 23.8 Å². The molecule has 0 aliphatic heterocycles. The van der Waals surface area contributed by atoms with Gasteiger partial charge in [0.25, 0.3) is 0 Å². The van der Waals surface area contributed by atoms with Crippen molar-refractivity contribution in [3.05, 3.63) is 23.8 Å². The molecule has 0 radical (unpaired) electrons. The van der Waals surface area contributed by atoms with Gasteiger partial charge in [-0.2, -0.15) is 0 Å². The first-order valence-electron chi connectivity index (χ1n) is 6.70. The second-order valence-electron chi connectivity index (χ2n) is 5.79. The summed E-state index contributed by atoms with van der Waals surface area (Å²) in [6.45, 7) is 8.41. The van der Waals surface area contributed by atoms with E-state index in [9.17, 15) is 4.21 Å². The van der Waals surface area contributed by atoms with Crippen LogP contribution in [0.3, 0.4) is 0 Å². The highest BCUT2D eigenvalue weighted by Gasteiger charge is 2.24. The molecule has 1 nitrogen and oxygen atoms in total. The van der Waals surface area contributed by atoms with E-state index >= 15 is 0 Å². The van der Waals surface area contributed by atoms with Crippen LogP contribution in [0, 0.1) is 5.92 Å². The molecule has 0 heterocycles. The van der Waals surface area contributed by atoms with Crippen LogP contribution in [0.25, 0.3) is 0 Å². The summed E-state index contributed by atoms with van der Waals surface area (Å²) in [5, 5.41) is 0. The lowest BCUT2D eigenvalue weighted by Crippen LogP contribution is -2.28. The minimum absolute atomic E-state index is 0.0923. The van der Waals surface area contributed by atoms with Crippen LogP contribution in [0.2, 0.25) is 0 Å². The van der Waals surface area contributed by atoms with E-state index in [1.54, 1.807) is 0 Å². The molecule has 1 rings (SSSR count). The molecule has 2 atom stereocenters. The lowest BCUT2D eigenvalue weighted by atomic mass is 9.92. The van der Waals surface area contributed by atoms with E-state index in [-0.39, 0.29) is 4.75 Å². The third kappa shape index (κ3) is 4.79. The van der Waals surface area contributed by atoms with Crippen molar-refractivity contribution < 1.29 is 4.21 Å². The maximum Gasteiger partial charge on any atom is 0.0375 e. The standard InChI is InChI=1S/C15H26OS/c1-5-9-14(12-17(16)15(2,3)4)13-10-7-6-8-11-13/h7,10-11,14H,5-6,8-9,12H2,1-4H3/t14?,17-/m1/s1. The summed E-state index contributed by atoms with van der Waals surface area (Å²) in [5.74, 6) is 1.30. The zero-order valence-electron chi connectivity index (χ0n) is 11.7. The van der Waals surface area contributed by atoms with Gasteiger partial charge in [0.1, 0.15) is 0 Å². The van der Waals surface area contributed by atoms with E-state index < -0.39 is 10.8 Å². The molecule has 17 heavy (non-hydrogen) atoms. The van der Waals surface area contributed by atoms with E-state index in [0.717, 1.165) is 31.4 Å². The van der Waals surface area contributed by atoms with Crippen LogP contribution in [-0.4, -0.2) is 14.7 Å². The smallest absolute Gasteiger partial charge is 0.0375 e. The number of rotatable bonds is 5. The SMILES string of the molecule is CCCC(C[S@@](=O)C(C)(C)C)C1=CCCC=C1. The van der Waals surface area contributed by atoms with Crippen molar-refractivity contribution in [1.82, 2.24) is 0 Å². The molecule has 0 amide bonds. The van der Waals surface area contributed by atoms with Crippen molar-refractivity contribution in [2.75, 3.05) is 5.75 Å². The molecule has 0 aromatic heterocycles. The molecule has 0 aromatic rings. The Balaban J connectivity index is 2.70. The largest absolute Gasteiger partial charge is 0.259 e. The molecule has 1 aliphatic carbocycles. The normalized spacial score (nSPS) is 19.9. The monoisotopic (exact) mass is 254 g/mol. The van der Waals surface area contributed by atoms with Gasteiger partial charge in [0.15, 0.2) is 0 Å². The molecule has 0 saturated heterocycles. The molecule has 0 saturated carbocycles. The Kier molecular flexibility index (Phi) is 5.64. The van der Waals surface area contributed by atoms with Crippen molar-refractivity contribution in [3.63, 3.8) is 0 Å². The van der Waals surface area contributed by atoms with Gasteiger partial charge in [-0.15, -0.1) is 0 Å². The highest BCUT2D eigenvalue weighted by molar-refractivity contribution is 7.86. The second-order valence-corrected chi connectivity index (χ2v) is 8.04. The van der Waals surface area contributed by atoms with Crippen LogP contribution < -0.4 is 0 Å². The second kappa shape index (κ2) is 6.53. The summed E-state index contributed by atoms with van der Waals surface area (Å²) in [4.78, 5) is 0. The van der Waals surface area contributed by atoms with Gasteiger partial charge in [0.2, 0.25) is 0 Å². The van der Waals surface area contributed by atoms with Gasteiger partial charge in [-0.3, -0.25) is 4.21 Å². The van der Waals surface area contributed by atoms with Gasteiger partial charge in [-0.05, 0) is 51.5 Å². The summed E-state index contributed by atoms with van der Waals surface area (Å²) >= 11 is 0. The van der Waals surface area contributed by atoms with Crippen molar-refractivity contribution >= 4 is 10.8 Å². The highest BCUT2D eigenvalue weighted by Crippen LogP contribution is 2.26. The van der Waals surface area contributed by atoms with E-state index in [1.807, 2.05) is 0 Å². The number of allylic oxidation sites excluding steroid dienone is 4. The molecular formula is C15H26OS. The Bertz CT molecular complexity index is 320. The van der Waals surface area contributed by atoms with Crippen LogP contribution in [0.4, 0.5) is 0 Å². The maximum atomic E-state index is 12.3. The van der Waals surface area contributed by atoms with Gasteiger partial charge in [0.05, 0.1) is 0 Å². The molecule has 0 N–H and O–H groups in total. The Hall–Kier alpha value is -0.370. The quantitative estimate of drug-likeness (QED) is 0.717. The average Bonchev–Trinajstić information content (AvgIpc) is 2.28. The summed E-state index contributed by atoms with van der Waals surface area (Å²) in [5.41, 5.74) is 1.41. The van der Waals surface area contributed by atoms with E-state index in [2.05, 4.69) is 45.9 Å². The Labute approximate surface area is 109 Å². The van der Waals surface area contributed by atoms with Crippen LogP contribution in [0.1, 0.15) is 53.4 Å². The highest BCUT2D eigenvalue weighted by atomic mass is 32.2. The van der Waals surface area contributed by atoms with Gasteiger partial charge in [-0.25, -0.2) is 0 Å². The minimum Gasteiger partial charge on any atom is -0.259 e. The third-order valence-corrected chi connectivity index (χ3v) is 5.24. The molecular weight excluding hydrogens is 228 g/mol. The summed E-state index contributed by atoms with van der Waals surface area (Å²) in [6.07, 6.45) is 11.4. The van der Waals surface area contributed by atoms with Gasteiger partial charge in [-0.1, -0.05) is 31.6 Å². The Morgan fingerprint density at radius 3 is 2.53 bits per heavy atom. The van der Waals surface area contributed by atoms with Crippen LogP contribution >= 0.6 is 0 Å². The predicted octanol–water partition coefficient (Wildman–Crippen LogP) is 4.23. The van der Waals surface area contributed by atoms with Crippen molar-refractivity contribution in [1.29, 1.82) is 0 Å². The molecule has 0 spiro atoms. The first-order valence-corrected chi connectivity index (χ1v) is 8.02. The molecule has 0 bridgehead atoms. The van der Waals surface area contributed by atoms with Crippen molar-refractivity contribution in [3.8, 4) is 0 Å². The van der Waals surface area contributed by atoms with Gasteiger partial charge >= 0.3 is 0 Å². The van der Waals surface area contributed by atoms with E-state index in [0.29, 0.717) is 5.92 Å². The average molecular weight is 254 g/mol.